The number of methoxy groups -OCH3 is 2. The molecule has 2 saturated heterocycles. The summed E-state index contributed by atoms with van der Waals surface area (Å²) in [6.45, 7) is 1.33. The predicted octanol–water partition coefficient (Wildman–Crippen LogP) is -4.29. The number of carboxylic acids is 1. The molecule has 2 fully saturated rings. The standard InChI is InChI=1S/C69H84N5O21S2.2Na.H2O/c1-41(76)73-58-52(79)36-68(40-75,94-62(58)60(83)54(81)38-71-65(86)47-23-17-43(18-24-47)49-12-5-7-15-56(49)90-3)92-30-10-34-97-35-29-70-64(85)46-27-21-45(22-28-46)51(78)14-9-32-96-33-11-31-93-69(67(88)89)37-53(80)59(74-42(2)77)63(95-69)61(84)55(82)39-72-66(87)48-25-19-44(20-26-48)50-13-6-8-16-57(50)91-4;;;/h5-8,12-13,15-28,52-55,58-63,79-84H,9-11,14,29-39H2,1-4H3,(H,70,85)(H,71,86)(H,72,87)(H,73,76)(H,74,77)(H,88,89);;;1H2/q-1;2*+1;/p-2/t52-,53-,54+,55+,58+,59+,60+,61+,62+,63+,68+,69+;;;/m0.../s1. The van der Waals surface area contributed by atoms with Gasteiger partial charge in [0.1, 0.15) is 41.9 Å². The van der Waals surface area contributed by atoms with Crippen LogP contribution in [0.5, 0.6) is 11.5 Å². The Morgan fingerprint density at radius 1 is 0.570 bits per heavy atom. The molecule has 27 nitrogen and oxygen atoms in total. The van der Waals surface area contributed by atoms with Crippen LogP contribution in [0.25, 0.3) is 22.3 Å². The average Bonchev–Trinajstić information content (AvgIpc) is 0.779. The molecule has 0 spiro atoms. The molecule has 0 radical (unpaired) electrons. The number of carboxylic acid groups (broad SMARTS) is 1. The van der Waals surface area contributed by atoms with E-state index in [9.17, 15) is 74.1 Å². The normalized spacial score (nSPS) is 21.3. The van der Waals surface area contributed by atoms with Gasteiger partial charge in [0, 0.05) is 98.5 Å². The van der Waals surface area contributed by atoms with Gasteiger partial charge >= 0.3 is 59.1 Å². The number of aliphatic hydroxyl groups is 6. The Hall–Kier alpha value is -5.88. The quantitative estimate of drug-likeness (QED) is 0.00776. The Kier molecular flexibility index (Phi) is 36.9. The van der Waals surface area contributed by atoms with Gasteiger partial charge in [0.25, 0.3) is 17.7 Å². The topological polar surface area (TPSA) is 427 Å². The number of aliphatic hydroxyl groups excluding tert-OH is 6. The van der Waals surface area contributed by atoms with Gasteiger partial charge in [0.15, 0.2) is 5.78 Å². The number of carbonyl (C=O) groups excluding carboxylic acids is 8. The molecule has 0 aromatic heterocycles. The summed E-state index contributed by atoms with van der Waals surface area (Å²) in [5.41, 5.74) is 4.43. The first-order chi connectivity index (χ1) is 46.5. The molecule has 2 aliphatic rings. The van der Waals surface area contributed by atoms with Gasteiger partial charge in [-0.3, -0.25) is 28.8 Å². The number of hydrogen-bond acceptors (Lipinski definition) is 24. The van der Waals surface area contributed by atoms with E-state index in [-0.39, 0.29) is 120 Å². The minimum absolute atomic E-state index is 0. The molecule has 31 heteroatoms. The maximum atomic E-state index is 13.1. The second-order valence-corrected chi connectivity index (χ2v) is 25.6. The minimum Gasteiger partial charge on any atom is -0.870 e. The molecule has 0 bridgehead atoms. The van der Waals surface area contributed by atoms with Gasteiger partial charge in [-0.25, -0.2) is 6.29 Å². The third-order valence-corrected chi connectivity index (χ3v) is 18.3. The van der Waals surface area contributed by atoms with Crippen LogP contribution in [0.3, 0.4) is 0 Å². The first-order valence-corrected chi connectivity index (χ1v) is 33.8. The maximum Gasteiger partial charge on any atom is 1.00 e. The van der Waals surface area contributed by atoms with Gasteiger partial charge in [-0.15, -0.1) is 0 Å². The molecule has 532 valence electrons. The smallest absolute Gasteiger partial charge is 0.870 e. The molecule has 100 heavy (non-hydrogen) atoms. The van der Waals surface area contributed by atoms with Crippen LogP contribution in [-0.4, -0.2) is 226 Å². The zero-order chi connectivity index (χ0) is 70.2. The number of Topliss-reactive ketones (excluding diaryl/α,β-unsaturated/α-hetero) is 1. The fourth-order valence-corrected chi connectivity index (χ4v) is 12.7. The number of ether oxygens (including phenoxy) is 6. The van der Waals surface area contributed by atoms with E-state index in [0.29, 0.717) is 58.5 Å². The first kappa shape index (κ1) is 86.5. The van der Waals surface area contributed by atoms with Crippen molar-refractivity contribution in [2.75, 3.05) is 70.1 Å². The van der Waals surface area contributed by atoms with Crippen molar-refractivity contribution in [3.8, 4) is 33.8 Å². The summed E-state index contributed by atoms with van der Waals surface area (Å²) in [7, 11) is 3.10. The molecule has 0 saturated carbocycles. The third kappa shape index (κ3) is 24.4. The van der Waals surface area contributed by atoms with E-state index >= 15 is 0 Å². The fraction of sp³-hybridized carbons (Fsp3) is 0.449. The first-order valence-electron chi connectivity index (χ1n) is 31.5. The van der Waals surface area contributed by atoms with E-state index in [1.165, 1.54) is 30.4 Å². The largest absolute Gasteiger partial charge is 1.00 e. The van der Waals surface area contributed by atoms with Crippen molar-refractivity contribution < 1.29 is 167 Å². The van der Waals surface area contributed by atoms with Crippen LogP contribution in [0.15, 0.2) is 121 Å². The summed E-state index contributed by atoms with van der Waals surface area (Å²) in [5, 5.41) is 92.6. The monoisotopic (exact) mass is 1440 g/mol. The van der Waals surface area contributed by atoms with E-state index in [4.69, 9.17) is 28.4 Å². The Morgan fingerprint density at radius 3 is 1.44 bits per heavy atom. The van der Waals surface area contributed by atoms with Crippen LogP contribution in [0, 0.1) is 0 Å². The van der Waals surface area contributed by atoms with E-state index in [2.05, 4.69) is 26.6 Å². The van der Waals surface area contributed by atoms with E-state index in [0.717, 1.165) is 29.2 Å². The number of para-hydroxylation sites is 2. The Morgan fingerprint density at radius 2 is 0.980 bits per heavy atom. The SMILES string of the molecule is COc1ccccc1-c1ccc(C(=O)NC[C@@H](O)[C@@H](O)[C@@H]2O[C@]([C-]=O)(OCCCSCCNC(=O)c3ccc(C(=O)CCCSCCCO[C@]4(C(=O)[O-])C[C@H](O)[C@@H](NC(C)=O)[C@H]([C@H](O)[C@H](O)CNC(=O)c5ccc(-c6ccccc6OC)cc5)O4)cc3)C[C@H](O)[C@H]2NC(C)=O)cc1.[Na+].[Na+].[OH-]. The van der Waals surface area contributed by atoms with Crippen LogP contribution in [0.4, 0.5) is 0 Å². The number of hydrogen-bond donors (Lipinski definition) is 11. The number of amides is 5. The number of aliphatic carboxylic acids is 1. The van der Waals surface area contributed by atoms with Gasteiger partial charge in [-0.2, -0.15) is 23.5 Å². The Bertz CT molecular complexity index is 3460. The van der Waals surface area contributed by atoms with Crippen LogP contribution >= 0.6 is 23.5 Å². The number of carbonyl (C=O) groups is 7. The summed E-state index contributed by atoms with van der Waals surface area (Å²) in [6, 6.07) is 31.5. The van der Waals surface area contributed by atoms with Gasteiger partial charge < -0.3 is 106 Å². The summed E-state index contributed by atoms with van der Waals surface area (Å²) in [6.07, 6.45) is -11.9. The van der Waals surface area contributed by atoms with Crippen molar-refractivity contribution >= 4 is 71.1 Å². The van der Waals surface area contributed by atoms with Crippen molar-refractivity contribution in [1.82, 2.24) is 26.6 Å². The van der Waals surface area contributed by atoms with Crippen LogP contribution in [0.1, 0.15) is 93.8 Å². The maximum absolute atomic E-state index is 13.1. The van der Waals surface area contributed by atoms with Gasteiger partial charge in [0.2, 0.25) is 17.6 Å². The van der Waals surface area contributed by atoms with E-state index in [1.54, 1.807) is 99.4 Å². The van der Waals surface area contributed by atoms with Crippen molar-refractivity contribution in [1.29, 1.82) is 0 Å². The number of ketones is 1. The molecule has 5 aromatic carbocycles. The molecule has 5 aromatic rings. The molecule has 12 N–H and O–H groups in total. The zero-order valence-corrected chi connectivity index (χ0v) is 62.1. The number of thioether (sulfide) groups is 2. The minimum atomic E-state index is -2.60. The van der Waals surface area contributed by atoms with Crippen molar-refractivity contribution in [3.63, 3.8) is 0 Å². The second kappa shape index (κ2) is 42.6. The number of rotatable bonds is 37. The molecule has 0 aliphatic carbocycles. The van der Waals surface area contributed by atoms with Crippen LogP contribution in [-0.2, 0) is 38.1 Å². The average molecular weight is 1450 g/mol. The summed E-state index contributed by atoms with van der Waals surface area (Å²) in [5.74, 6) is -6.25. The van der Waals surface area contributed by atoms with Gasteiger partial charge in [-0.1, -0.05) is 72.8 Å². The van der Waals surface area contributed by atoms with Crippen molar-refractivity contribution in [3.05, 3.63) is 144 Å². The molecular formula is C69H84N5Na2O22S2-. The fourth-order valence-electron chi connectivity index (χ4n) is 11.1. The van der Waals surface area contributed by atoms with Crippen LogP contribution in [0.2, 0.25) is 0 Å². The summed E-state index contributed by atoms with van der Waals surface area (Å²) < 4.78 is 34.1. The number of benzene rings is 5. The van der Waals surface area contributed by atoms with Gasteiger partial charge in [-0.05, 0) is 96.2 Å². The Balaban J connectivity index is 0.00000707. The molecule has 12 atom stereocenters. The van der Waals surface area contributed by atoms with E-state index in [1.807, 2.05) is 42.5 Å². The molecule has 7 rings (SSSR count). The molecule has 0 unspecified atom stereocenters. The summed E-state index contributed by atoms with van der Waals surface area (Å²) >= 11 is 2.94. The summed E-state index contributed by atoms with van der Waals surface area (Å²) in [4.78, 5) is 102. The molecule has 2 heterocycles. The van der Waals surface area contributed by atoms with E-state index < -0.39 is 128 Å². The predicted molar refractivity (Wildman–Crippen MR) is 358 cm³/mol. The second-order valence-electron chi connectivity index (χ2n) is 23.1. The molecule has 2 aliphatic heterocycles. The molecular weight excluding hydrogens is 1360 g/mol. The van der Waals surface area contributed by atoms with Crippen LogP contribution < -0.4 is 100 Å². The van der Waals surface area contributed by atoms with Crippen molar-refractivity contribution in [2.24, 2.45) is 0 Å². The number of nitrogens with one attached hydrogen (secondary N) is 5. The Labute approximate surface area is 632 Å². The zero-order valence-electron chi connectivity index (χ0n) is 56.5. The van der Waals surface area contributed by atoms with Gasteiger partial charge in [0.05, 0.1) is 63.1 Å². The molecule has 5 amide bonds. The van der Waals surface area contributed by atoms with Crippen molar-refractivity contribution in [2.45, 2.75) is 125 Å². The third-order valence-electron chi connectivity index (χ3n) is 16.1.